The summed E-state index contributed by atoms with van der Waals surface area (Å²) in [6.07, 6.45) is 4.51. The van der Waals surface area contributed by atoms with Crippen LogP contribution in [0, 0.1) is 0 Å². The molecule has 0 radical (unpaired) electrons. The number of hydrogen-bond donors (Lipinski definition) is 2. The van der Waals surface area contributed by atoms with Gasteiger partial charge in [-0.25, -0.2) is 4.68 Å². The van der Waals surface area contributed by atoms with Crippen molar-refractivity contribution in [1.29, 1.82) is 0 Å². The number of primary amides is 1. The number of hydrogen-bond acceptors (Lipinski definition) is 5. The van der Waals surface area contributed by atoms with Crippen molar-refractivity contribution in [3.63, 3.8) is 0 Å². The summed E-state index contributed by atoms with van der Waals surface area (Å²) < 4.78 is 12.3. The average molecular weight is 394 g/mol. The van der Waals surface area contributed by atoms with Crippen molar-refractivity contribution in [3.8, 4) is 17.2 Å². The largest absolute Gasteiger partial charge is 0.493 e. The number of nitrogens with two attached hydrogens (primary N) is 1. The number of anilines is 1. The van der Waals surface area contributed by atoms with Gasteiger partial charge >= 0.3 is 0 Å². The Hall–Kier alpha value is -3.81. The first-order valence-electron chi connectivity index (χ1n) is 9.03. The SMILES string of the molecule is COc1ccc(NC(=O)CCc2cnn(-c3ccccc3)c2)cc1OCC(N)=O. The molecule has 3 N–H and O–H groups in total. The minimum absolute atomic E-state index is 0.150. The third kappa shape index (κ3) is 5.58. The molecule has 150 valence electrons. The quantitative estimate of drug-likeness (QED) is 0.579. The molecule has 0 spiro atoms. The van der Waals surface area contributed by atoms with Crippen molar-refractivity contribution < 1.29 is 19.1 Å². The molecule has 29 heavy (non-hydrogen) atoms. The zero-order chi connectivity index (χ0) is 20.6. The number of ether oxygens (including phenoxy) is 2. The maximum absolute atomic E-state index is 12.3. The lowest BCUT2D eigenvalue weighted by atomic mass is 10.2. The first-order chi connectivity index (χ1) is 14.0. The van der Waals surface area contributed by atoms with Gasteiger partial charge in [0.15, 0.2) is 18.1 Å². The number of aryl methyl sites for hydroxylation is 1. The summed E-state index contributed by atoms with van der Waals surface area (Å²) in [6.45, 7) is -0.279. The Morgan fingerprint density at radius 3 is 2.66 bits per heavy atom. The van der Waals surface area contributed by atoms with Gasteiger partial charge in [0, 0.05) is 24.4 Å². The summed E-state index contributed by atoms with van der Waals surface area (Å²) in [6, 6.07) is 14.7. The van der Waals surface area contributed by atoms with Crippen LogP contribution in [0.1, 0.15) is 12.0 Å². The van der Waals surface area contributed by atoms with E-state index in [2.05, 4.69) is 10.4 Å². The van der Waals surface area contributed by atoms with E-state index >= 15 is 0 Å². The highest BCUT2D eigenvalue weighted by molar-refractivity contribution is 5.91. The van der Waals surface area contributed by atoms with Gasteiger partial charge < -0.3 is 20.5 Å². The Bertz CT molecular complexity index is 985. The normalized spacial score (nSPS) is 10.4. The maximum Gasteiger partial charge on any atom is 0.255 e. The number of para-hydroxylation sites is 1. The van der Waals surface area contributed by atoms with Gasteiger partial charge in [0.25, 0.3) is 5.91 Å². The lowest BCUT2D eigenvalue weighted by molar-refractivity contribution is -0.120. The molecule has 0 bridgehead atoms. The number of rotatable bonds is 9. The van der Waals surface area contributed by atoms with Crippen molar-refractivity contribution in [2.75, 3.05) is 19.0 Å². The minimum atomic E-state index is -0.599. The third-order valence-electron chi connectivity index (χ3n) is 4.11. The zero-order valence-corrected chi connectivity index (χ0v) is 16.0. The molecule has 0 saturated heterocycles. The monoisotopic (exact) mass is 394 g/mol. The molecular formula is C21H22N4O4. The number of nitrogens with one attached hydrogen (secondary N) is 1. The van der Waals surface area contributed by atoms with E-state index in [1.807, 2.05) is 36.5 Å². The number of nitrogens with zero attached hydrogens (tertiary/aromatic N) is 2. The van der Waals surface area contributed by atoms with Crippen molar-refractivity contribution in [3.05, 3.63) is 66.5 Å². The van der Waals surface area contributed by atoms with E-state index in [0.29, 0.717) is 30.0 Å². The van der Waals surface area contributed by atoms with Crippen molar-refractivity contribution in [1.82, 2.24) is 9.78 Å². The molecule has 0 fully saturated rings. The summed E-state index contributed by atoms with van der Waals surface area (Å²) in [4.78, 5) is 23.2. The fourth-order valence-electron chi connectivity index (χ4n) is 2.71. The highest BCUT2D eigenvalue weighted by Crippen LogP contribution is 2.30. The molecule has 0 aliphatic rings. The molecule has 0 aliphatic carbocycles. The number of benzene rings is 2. The van der Waals surface area contributed by atoms with Gasteiger partial charge in [-0.1, -0.05) is 18.2 Å². The number of carbonyl (C=O) groups is 2. The van der Waals surface area contributed by atoms with Crippen LogP contribution in [0.4, 0.5) is 5.69 Å². The van der Waals surface area contributed by atoms with E-state index in [9.17, 15) is 9.59 Å². The van der Waals surface area contributed by atoms with E-state index in [-0.39, 0.29) is 12.5 Å². The van der Waals surface area contributed by atoms with Crippen LogP contribution in [0.5, 0.6) is 11.5 Å². The number of carbonyl (C=O) groups excluding carboxylic acids is 2. The molecule has 1 aromatic heterocycles. The molecule has 3 rings (SSSR count). The van der Waals surface area contributed by atoms with Gasteiger partial charge in [-0.2, -0.15) is 5.10 Å². The molecule has 0 atom stereocenters. The Labute approximate surface area is 168 Å². The highest BCUT2D eigenvalue weighted by atomic mass is 16.5. The van der Waals surface area contributed by atoms with Crippen LogP contribution in [-0.4, -0.2) is 35.3 Å². The van der Waals surface area contributed by atoms with Crippen LogP contribution in [0.25, 0.3) is 5.69 Å². The fourth-order valence-corrected chi connectivity index (χ4v) is 2.71. The van der Waals surface area contributed by atoms with E-state index in [4.69, 9.17) is 15.2 Å². The maximum atomic E-state index is 12.3. The average Bonchev–Trinajstić information content (AvgIpc) is 3.20. The van der Waals surface area contributed by atoms with Gasteiger partial charge in [0.2, 0.25) is 5.91 Å². The predicted molar refractivity (Wildman–Crippen MR) is 108 cm³/mol. The fraction of sp³-hybridized carbons (Fsp3) is 0.190. The zero-order valence-electron chi connectivity index (χ0n) is 16.0. The Kier molecular flexibility index (Phi) is 6.47. The van der Waals surface area contributed by atoms with E-state index < -0.39 is 5.91 Å². The summed E-state index contributed by atoms with van der Waals surface area (Å²) >= 11 is 0. The van der Waals surface area contributed by atoms with E-state index in [0.717, 1.165) is 11.3 Å². The first kappa shape index (κ1) is 19.9. The van der Waals surface area contributed by atoms with Crippen LogP contribution in [0.3, 0.4) is 0 Å². The molecule has 8 heteroatoms. The van der Waals surface area contributed by atoms with E-state index in [1.54, 1.807) is 29.1 Å². The molecule has 3 aromatic rings. The summed E-state index contributed by atoms with van der Waals surface area (Å²) in [7, 11) is 1.49. The van der Waals surface area contributed by atoms with Gasteiger partial charge in [-0.3, -0.25) is 9.59 Å². The van der Waals surface area contributed by atoms with Crippen LogP contribution in [-0.2, 0) is 16.0 Å². The molecule has 0 aliphatic heterocycles. The van der Waals surface area contributed by atoms with Crippen LogP contribution in [0.2, 0.25) is 0 Å². The lowest BCUT2D eigenvalue weighted by Crippen LogP contribution is -2.20. The summed E-state index contributed by atoms with van der Waals surface area (Å²) in [5.74, 6) is 0.0202. The minimum Gasteiger partial charge on any atom is -0.493 e. The van der Waals surface area contributed by atoms with Crippen molar-refractivity contribution in [2.45, 2.75) is 12.8 Å². The van der Waals surface area contributed by atoms with Gasteiger partial charge in [0.1, 0.15) is 0 Å². The van der Waals surface area contributed by atoms with Crippen molar-refractivity contribution in [2.24, 2.45) is 5.73 Å². The van der Waals surface area contributed by atoms with Crippen LogP contribution < -0.4 is 20.5 Å². The molecule has 0 saturated carbocycles. The molecular weight excluding hydrogens is 372 g/mol. The first-order valence-corrected chi connectivity index (χ1v) is 9.03. The Morgan fingerprint density at radius 1 is 1.14 bits per heavy atom. The Balaban J connectivity index is 1.57. The summed E-state index contributed by atoms with van der Waals surface area (Å²) in [5, 5.41) is 7.14. The smallest absolute Gasteiger partial charge is 0.255 e. The molecule has 1 heterocycles. The Morgan fingerprint density at radius 2 is 1.93 bits per heavy atom. The molecule has 8 nitrogen and oxygen atoms in total. The van der Waals surface area contributed by atoms with Gasteiger partial charge in [-0.05, 0) is 36.2 Å². The van der Waals surface area contributed by atoms with Crippen molar-refractivity contribution >= 4 is 17.5 Å². The molecule has 2 amide bonds. The standard InChI is InChI=1S/C21H22N4O4/c1-28-18-9-8-16(11-19(18)29-14-20(22)26)24-21(27)10-7-15-12-23-25(13-15)17-5-3-2-4-6-17/h2-6,8-9,11-13H,7,10,14H2,1H3,(H2,22,26)(H,24,27). The number of aromatic nitrogens is 2. The topological polar surface area (TPSA) is 108 Å². The third-order valence-corrected chi connectivity index (χ3v) is 4.11. The van der Waals surface area contributed by atoms with Gasteiger partial charge in [-0.15, -0.1) is 0 Å². The second-order valence-corrected chi connectivity index (χ2v) is 6.30. The second kappa shape index (κ2) is 9.41. The predicted octanol–water partition coefficient (Wildman–Crippen LogP) is 2.32. The highest BCUT2D eigenvalue weighted by Gasteiger charge is 2.10. The van der Waals surface area contributed by atoms with E-state index in [1.165, 1.54) is 7.11 Å². The number of methoxy groups -OCH3 is 1. The molecule has 0 unspecified atom stereocenters. The summed E-state index contributed by atoms with van der Waals surface area (Å²) in [5.41, 5.74) is 7.57. The van der Waals surface area contributed by atoms with Crippen LogP contribution >= 0.6 is 0 Å². The second-order valence-electron chi connectivity index (χ2n) is 6.30. The van der Waals surface area contributed by atoms with Crippen LogP contribution in [0.15, 0.2) is 60.9 Å². The number of amides is 2. The van der Waals surface area contributed by atoms with Gasteiger partial charge in [0.05, 0.1) is 19.0 Å². The lowest BCUT2D eigenvalue weighted by Gasteiger charge is -2.12. The molecule has 2 aromatic carbocycles.